The lowest BCUT2D eigenvalue weighted by Crippen LogP contribution is -2.47. The standard InChI is InChI=1S/C19H24N4O2/c1-22(14-17-10-5-11-20-17)18(24)15-7-6-12-23(13-15)19(25)21-16-8-3-2-4-9-16/h2-5,8-11,15,20H,6-7,12-14H2,1H3,(H,21,25)/t15-/m0/s1. The number of aromatic amines is 1. The van der Waals surface area contributed by atoms with Crippen LogP contribution in [0.3, 0.4) is 0 Å². The Kier molecular flexibility index (Phi) is 5.38. The van der Waals surface area contributed by atoms with Crippen LogP contribution in [0.1, 0.15) is 18.5 Å². The number of anilines is 1. The SMILES string of the molecule is CN(Cc1ccc[nH]1)C(=O)[C@H]1CCCN(C(=O)Nc2ccccc2)C1. The fraction of sp³-hybridized carbons (Fsp3) is 0.368. The zero-order valence-electron chi connectivity index (χ0n) is 14.4. The first kappa shape index (κ1) is 17.1. The van der Waals surface area contributed by atoms with Gasteiger partial charge >= 0.3 is 6.03 Å². The number of aromatic nitrogens is 1. The van der Waals surface area contributed by atoms with Gasteiger partial charge in [0.15, 0.2) is 0 Å². The molecule has 1 atom stereocenters. The summed E-state index contributed by atoms with van der Waals surface area (Å²) >= 11 is 0. The summed E-state index contributed by atoms with van der Waals surface area (Å²) in [5, 5.41) is 2.89. The molecule has 0 radical (unpaired) electrons. The van der Waals surface area contributed by atoms with Crippen molar-refractivity contribution in [3.8, 4) is 0 Å². The summed E-state index contributed by atoms with van der Waals surface area (Å²) in [5.74, 6) is -0.0537. The summed E-state index contributed by atoms with van der Waals surface area (Å²) in [5.41, 5.74) is 1.77. The van der Waals surface area contributed by atoms with E-state index in [0.717, 1.165) is 24.2 Å². The number of rotatable bonds is 4. The van der Waals surface area contributed by atoms with Crippen molar-refractivity contribution in [2.45, 2.75) is 19.4 Å². The first-order chi connectivity index (χ1) is 12.1. The van der Waals surface area contributed by atoms with Gasteiger partial charge in [-0.25, -0.2) is 4.79 Å². The van der Waals surface area contributed by atoms with E-state index in [-0.39, 0.29) is 17.9 Å². The lowest BCUT2D eigenvalue weighted by molar-refractivity contribution is -0.136. The average molecular weight is 340 g/mol. The van der Waals surface area contributed by atoms with E-state index in [4.69, 9.17) is 0 Å². The van der Waals surface area contributed by atoms with Gasteiger partial charge in [0.1, 0.15) is 0 Å². The molecule has 0 bridgehead atoms. The maximum absolute atomic E-state index is 12.7. The van der Waals surface area contributed by atoms with Gasteiger partial charge in [-0.2, -0.15) is 0 Å². The van der Waals surface area contributed by atoms with Crippen LogP contribution < -0.4 is 5.32 Å². The number of piperidine rings is 1. The number of amides is 3. The second-order valence-corrected chi connectivity index (χ2v) is 6.47. The quantitative estimate of drug-likeness (QED) is 0.898. The molecule has 1 aromatic carbocycles. The highest BCUT2D eigenvalue weighted by molar-refractivity contribution is 5.90. The molecule has 1 aliphatic heterocycles. The number of hydrogen-bond acceptors (Lipinski definition) is 2. The van der Waals surface area contributed by atoms with Crippen molar-refractivity contribution in [2.75, 3.05) is 25.5 Å². The van der Waals surface area contributed by atoms with E-state index in [2.05, 4.69) is 10.3 Å². The molecular weight excluding hydrogens is 316 g/mol. The van der Waals surface area contributed by atoms with Gasteiger partial charge in [0, 0.05) is 37.7 Å². The number of para-hydroxylation sites is 1. The molecule has 0 saturated carbocycles. The van der Waals surface area contributed by atoms with Crippen LogP contribution in [0.15, 0.2) is 48.7 Å². The van der Waals surface area contributed by atoms with Crippen LogP contribution in [0.5, 0.6) is 0 Å². The number of hydrogen-bond donors (Lipinski definition) is 2. The van der Waals surface area contributed by atoms with Crippen molar-refractivity contribution in [3.63, 3.8) is 0 Å². The van der Waals surface area contributed by atoms with Crippen molar-refractivity contribution >= 4 is 17.6 Å². The smallest absolute Gasteiger partial charge is 0.321 e. The third kappa shape index (κ3) is 4.41. The van der Waals surface area contributed by atoms with Crippen LogP contribution in [-0.2, 0) is 11.3 Å². The number of H-pyrrole nitrogens is 1. The predicted molar refractivity (Wildman–Crippen MR) is 97.0 cm³/mol. The summed E-state index contributed by atoms with van der Waals surface area (Å²) < 4.78 is 0. The molecule has 3 amide bonds. The van der Waals surface area contributed by atoms with Crippen molar-refractivity contribution in [1.29, 1.82) is 0 Å². The van der Waals surface area contributed by atoms with Crippen LogP contribution in [0.4, 0.5) is 10.5 Å². The van der Waals surface area contributed by atoms with Gasteiger partial charge in [0.05, 0.1) is 12.5 Å². The van der Waals surface area contributed by atoms with Crippen molar-refractivity contribution in [1.82, 2.24) is 14.8 Å². The molecule has 2 heterocycles. The zero-order valence-corrected chi connectivity index (χ0v) is 14.4. The van der Waals surface area contributed by atoms with Crippen molar-refractivity contribution in [2.24, 2.45) is 5.92 Å². The summed E-state index contributed by atoms with van der Waals surface area (Å²) in [6, 6.07) is 13.1. The molecule has 1 aromatic heterocycles. The molecule has 6 nitrogen and oxygen atoms in total. The number of urea groups is 1. The molecule has 1 aliphatic rings. The first-order valence-corrected chi connectivity index (χ1v) is 8.61. The monoisotopic (exact) mass is 340 g/mol. The van der Waals surface area contributed by atoms with Gasteiger partial charge in [-0.1, -0.05) is 18.2 Å². The van der Waals surface area contributed by atoms with Crippen LogP contribution in [-0.4, -0.2) is 46.9 Å². The van der Waals surface area contributed by atoms with Gasteiger partial charge in [0.2, 0.25) is 5.91 Å². The Bertz CT molecular complexity index is 699. The minimum atomic E-state index is -0.143. The lowest BCUT2D eigenvalue weighted by Gasteiger charge is -2.34. The maximum Gasteiger partial charge on any atom is 0.321 e. The minimum absolute atomic E-state index is 0.0896. The normalized spacial score (nSPS) is 17.2. The number of likely N-dealkylation sites (tertiary alicyclic amines) is 1. The molecule has 0 unspecified atom stereocenters. The van der Waals surface area contributed by atoms with E-state index < -0.39 is 0 Å². The Morgan fingerprint density at radius 1 is 1.24 bits per heavy atom. The van der Waals surface area contributed by atoms with Gasteiger partial charge in [-0.3, -0.25) is 4.79 Å². The fourth-order valence-corrected chi connectivity index (χ4v) is 3.20. The average Bonchev–Trinajstić information content (AvgIpc) is 3.15. The minimum Gasteiger partial charge on any atom is -0.364 e. The molecule has 2 N–H and O–H groups in total. The highest BCUT2D eigenvalue weighted by Gasteiger charge is 2.30. The van der Waals surface area contributed by atoms with E-state index in [1.165, 1.54) is 0 Å². The maximum atomic E-state index is 12.7. The van der Waals surface area contributed by atoms with Gasteiger partial charge in [0.25, 0.3) is 0 Å². The molecule has 3 rings (SSSR count). The molecule has 2 aromatic rings. The lowest BCUT2D eigenvalue weighted by atomic mass is 9.97. The number of carbonyl (C=O) groups is 2. The molecule has 0 aliphatic carbocycles. The molecule has 1 fully saturated rings. The molecule has 0 spiro atoms. The molecule has 132 valence electrons. The highest BCUT2D eigenvalue weighted by Crippen LogP contribution is 2.20. The number of benzene rings is 1. The third-order valence-electron chi connectivity index (χ3n) is 4.53. The first-order valence-electron chi connectivity index (χ1n) is 8.61. The highest BCUT2D eigenvalue weighted by atomic mass is 16.2. The van der Waals surface area contributed by atoms with Gasteiger partial charge in [-0.05, 0) is 37.1 Å². The van der Waals surface area contributed by atoms with E-state index in [1.807, 2.05) is 55.7 Å². The van der Waals surface area contributed by atoms with E-state index in [0.29, 0.717) is 19.6 Å². The van der Waals surface area contributed by atoms with E-state index >= 15 is 0 Å². The summed E-state index contributed by atoms with van der Waals surface area (Å²) in [4.78, 5) is 31.7. The second kappa shape index (κ2) is 7.88. The summed E-state index contributed by atoms with van der Waals surface area (Å²) in [6.45, 7) is 1.70. The Balaban J connectivity index is 1.56. The summed E-state index contributed by atoms with van der Waals surface area (Å²) in [6.07, 6.45) is 3.52. The third-order valence-corrected chi connectivity index (χ3v) is 4.53. The van der Waals surface area contributed by atoms with Gasteiger partial charge in [-0.15, -0.1) is 0 Å². The van der Waals surface area contributed by atoms with E-state index in [9.17, 15) is 9.59 Å². The van der Waals surface area contributed by atoms with E-state index in [1.54, 1.807) is 9.80 Å². The Morgan fingerprint density at radius 3 is 2.76 bits per heavy atom. The molecular formula is C19H24N4O2. The van der Waals surface area contributed by atoms with Crippen LogP contribution in [0.25, 0.3) is 0 Å². The Labute approximate surface area is 147 Å². The number of carbonyl (C=O) groups excluding carboxylic acids is 2. The Morgan fingerprint density at radius 2 is 2.04 bits per heavy atom. The van der Waals surface area contributed by atoms with Crippen LogP contribution in [0.2, 0.25) is 0 Å². The number of nitrogens with one attached hydrogen (secondary N) is 2. The van der Waals surface area contributed by atoms with Crippen LogP contribution in [0, 0.1) is 5.92 Å². The molecule has 6 heteroatoms. The largest absolute Gasteiger partial charge is 0.364 e. The zero-order chi connectivity index (χ0) is 17.6. The van der Waals surface area contributed by atoms with Crippen molar-refractivity contribution < 1.29 is 9.59 Å². The predicted octanol–water partition coefficient (Wildman–Crippen LogP) is 2.92. The second-order valence-electron chi connectivity index (χ2n) is 6.47. The topological polar surface area (TPSA) is 68.4 Å². The molecule has 1 saturated heterocycles. The summed E-state index contributed by atoms with van der Waals surface area (Å²) in [7, 11) is 1.81. The number of nitrogens with zero attached hydrogens (tertiary/aromatic N) is 2. The molecule has 25 heavy (non-hydrogen) atoms. The fourth-order valence-electron chi connectivity index (χ4n) is 3.20. The van der Waals surface area contributed by atoms with Gasteiger partial charge < -0.3 is 20.1 Å². The Hall–Kier alpha value is -2.76. The van der Waals surface area contributed by atoms with Crippen LogP contribution >= 0.6 is 0 Å². The van der Waals surface area contributed by atoms with Crippen molar-refractivity contribution in [3.05, 3.63) is 54.4 Å².